The van der Waals surface area contributed by atoms with Crippen LogP contribution in [0.4, 0.5) is 5.82 Å². The highest BCUT2D eigenvalue weighted by atomic mass is 32.1. The second-order valence-electron chi connectivity index (χ2n) is 9.44. The molecule has 0 bridgehead atoms. The van der Waals surface area contributed by atoms with Gasteiger partial charge in [-0.25, -0.2) is 0 Å². The number of nitrogens with zero attached hydrogens (tertiary/aromatic N) is 4. The standard InChI is InChI=1S/C29H30N4O3S/c1-2-24-18-25-26(30-29(31-27(25)37-24)36-23-12-17-35-19-23)32-13-15-33(16-14-32)28(34)22-10-8-21(9-11-22)20-6-4-3-5-7-20/h3-11,18,23H,2,12-17,19H2,1H3. The van der Waals surface area contributed by atoms with E-state index in [4.69, 9.17) is 19.4 Å². The van der Waals surface area contributed by atoms with Crippen molar-refractivity contribution in [3.63, 3.8) is 0 Å². The summed E-state index contributed by atoms with van der Waals surface area (Å²) in [7, 11) is 0. The zero-order valence-corrected chi connectivity index (χ0v) is 21.7. The quantitative estimate of drug-likeness (QED) is 0.359. The van der Waals surface area contributed by atoms with Gasteiger partial charge in [0.05, 0.1) is 18.6 Å². The summed E-state index contributed by atoms with van der Waals surface area (Å²) in [5.74, 6) is 0.968. The van der Waals surface area contributed by atoms with E-state index in [1.54, 1.807) is 11.3 Å². The van der Waals surface area contributed by atoms with E-state index in [2.05, 4.69) is 30.0 Å². The number of hydrogen-bond donors (Lipinski definition) is 0. The molecule has 0 N–H and O–H groups in total. The molecule has 2 aromatic carbocycles. The number of aryl methyl sites for hydroxylation is 1. The fraction of sp³-hybridized carbons (Fsp3) is 0.345. The molecular formula is C29H30N4O3S. The Hall–Kier alpha value is -3.49. The van der Waals surface area contributed by atoms with Gasteiger partial charge in [-0.2, -0.15) is 9.97 Å². The number of ether oxygens (including phenoxy) is 2. The zero-order chi connectivity index (χ0) is 25.2. The fourth-order valence-corrected chi connectivity index (χ4v) is 5.85. The highest BCUT2D eigenvalue weighted by Crippen LogP contribution is 2.34. The highest BCUT2D eigenvalue weighted by Gasteiger charge is 2.26. The van der Waals surface area contributed by atoms with Crippen molar-refractivity contribution < 1.29 is 14.3 Å². The lowest BCUT2D eigenvalue weighted by atomic mass is 10.0. The summed E-state index contributed by atoms with van der Waals surface area (Å²) in [5, 5.41) is 1.06. The lowest BCUT2D eigenvalue weighted by Crippen LogP contribution is -2.49. The van der Waals surface area contributed by atoms with Gasteiger partial charge in [-0.15, -0.1) is 11.3 Å². The van der Waals surface area contributed by atoms with Gasteiger partial charge in [-0.05, 0) is 35.7 Å². The second-order valence-corrected chi connectivity index (χ2v) is 10.6. The monoisotopic (exact) mass is 514 g/mol. The third kappa shape index (κ3) is 5.04. The zero-order valence-electron chi connectivity index (χ0n) is 20.9. The molecule has 0 saturated carbocycles. The van der Waals surface area contributed by atoms with E-state index in [0.29, 0.717) is 45.4 Å². The Morgan fingerprint density at radius 1 is 1.03 bits per heavy atom. The van der Waals surface area contributed by atoms with E-state index < -0.39 is 0 Å². The third-order valence-electron chi connectivity index (χ3n) is 7.02. The molecule has 2 aromatic heterocycles. The van der Waals surface area contributed by atoms with E-state index >= 15 is 0 Å². The van der Waals surface area contributed by atoms with Gasteiger partial charge >= 0.3 is 6.01 Å². The van der Waals surface area contributed by atoms with Crippen LogP contribution >= 0.6 is 11.3 Å². The van der Waals surface area contributed by atoms with Crippen LogP contribution in [0.2, 0.25) is 0 Å². The summed E-state index contributed by atoms with van der Waals surface area (Å²) in [5.41, 5.74) is 2.98. The first-order valence-corrected chi connectivity index (χ1v) is 13.7. The van der Waals surface area contributed by atoms with Crippen LogP contribution in [0.1, 0.15) is 28.6 Å². The normalized spacial score (nSPS) is 17.9. The van der Waals surface area contributed by atoms with Crippen LogP contribution in [0.25, 0.3) is 21.3 Å². The topological polar surface area (TPSA) is 67.8 Å². The number of aromatic nitrogens is 2. The Morgan fingerprint density at radius 3 is 2.49 bits per heavy atom. The molecule has 7 nitrogen and oxygen atoms in total. The van der Waals surface area contributed by atoms with E-state index in [1.807, 2.05) is 47.4 Å². The molecule has 6 rings (SSSR count). The van der Waals surface area contributed by atoms with Crippen LogP contribution in [0.15, 0.2) is 60.7 Å². The van der Waals surface area contributed by atoms with Crippen LogP contribution in [-0.4, -0.2) is 66.3 Å². The number of piperazine rings is 1. The first kappa shape index (κ1) is 23.9. The summed E-state index contributed by atoms with van der Waals surface area (Å²) in [6.45, 7) is 6.15. The van der Waals surface area contributed by atoms with Crippen molar-refractivity contribution in [2.45, 2.75) is 25.9 Å². The SMILES string of the molecule is CCc1cc2c(N3CCN(C(=O)c4ccc(-c5ccccc5)cc4)CC3)nc(OC3CCOC3)nc2s1. The number of benzene rings is 2. The molecule has 8 heteroatoms. The van der Waals surface area contributed by atoms with Gasteiger partial charge in [-0.3, -0.25) is 4.79 Å². The van der Waals surface area contributed by atoms with Gasteiger partial charge in [0.25, 0.3) is 5.91 Å². The first-order chi connectivity index (χ1) is 18.2. The first-order valence-electron chi connectivity index (χ1n) is 12.9. The molecule has 4 heterocycles. The maximum Gasteiger partial charge on any atom is 0.320 e. The molecule has 2 aliphatic rings. The number of fused-ring (bicyclic) bond motifs is 1. The van der Waals surface area contributed by atoms with Crippen molar-refractivity contribution in [2.24, 2.45) is 0 Å². The Morgan fingerprint density at radius 2 is 1.78 bits per heavy atom. The Kier molecular flexibility index (Phi) is 6.76. The van der Waals surface area contributed by atoms with Crippen molar-refractivity contribution in [1.82, 2.24) is 14.9 Å². The highest BCUT2D eigenvalue weighted by molar-refractivity contribution is 7.18. The third-order valence-corrected chi connectivity index (χ3v) is 8.19. The number of thiophene rings is 1. The molecule has 1 atom stereocenters. The van der Waals surface area contributed by atoms with Crippen LogP contribution in [0.3, 0.4) is 0 Å². The van der Waals surface area contributed by atoms with Crippen LogP contribution in [0, 0.1) is 0 Å². The van der Waals surface area contributed by atoms with Crippen molar-refractivity contribution in [3.05, 3.63) is 71.1 Å². The molecular weight excluding hydrogens is 484 g/mol. The minimum Gasteiger partial charge on any atom is -0.458 e. The number of carbonyl (C=O) groups excluding carboxylic acids is 1. The Balaban J connectivity index is 1.17. The van der Waals surface area contributed by atoms with Crippen molar-refractivity contribution in [1.29, 1.82) is 0 Å². The number of anilines is 1. The fourth-order valence-electron chi connectivity index (χ4n) is 4.90. The van der Waals surface area contributed by atoms with E-state index in [1.165, 1.54) is 4.88 Å². The van der Waals surface area contributed by atoms with Crippen LogP contribution in [0.5, 0.6) is 6.01 Å². The molecule has 0 aliphatic carbocycles. The number of hydrogen-bond acceptors (Lipinski definition) is 7. The van der Waals surface area contributed by atoms with Gasteiger partial charge in [-0.1, -0.05) is 49.4 Å². The van der Waals surface area contributed by atoms with E-state index in [9.17, 15) is 4.79 Å². The Labute approximate surface area is 220 Å². The Bertz CT molecular complexity index is 1380. The number of rotatable bonds is 6. The molecule has 2 fully saturated rings. The summed E-state index contributed by atoms with van der Waals surface area (Å²) in [6.07, 6.45) is 1.81. The van der Waals surface area contributed by atoms with E-state index in [-0.39, 0.29) is 12.0 Å². The molecule has 37 heavy (non-hydrogen) atoms. The lowest BCUT2D eigenvalue weighted by Gasteiger charge is -2.35. The van der Waals surface area contributed by atoms with Crippen molar-refractivity contribution in [2.75, 3.05) is 44.3 Å². The summed E-state index contributed by atoms with van der Waals surface area (Å²) in [4.78, 5) is 29.2. The molecule has 0 spiro atoms. The summed E-state index contributed by atoms with van der Waals surface area (Å²) >= 11 is 1.70. The van der Waals surface area contributed by atoms with Gasteiger partial charge < -0.3 is 19.3 Å². The predicted octanol–water partition coefficient (Wildman–Crippen LogP) is 5.05. The summed E-state index contributed by atoms with van der Waals surface area (Å²) < 4.78 is 11.5. The molecule has 4 aromatic rings. The molecule has 190 valence electrons. The van der Waals surface area contributed by atoms with Crippen molar-refractivity contribution >= 4 is 33.3 Å². The van der Waals surface area contributed by atoms with Gasteiger partial charge in [0.1, 0.15) is 16.8 Å². The van der Waals surface area contributed by atoms with Crippen LogP contribution < -0.4 is 9.64 Å². The number of amides is 1. The average Bonchev–Trinajstić information content (AvgIpc) is 3.63. The average molecular weight is 515 g/mol. The number of carbonyl (C=O) groups is 1. The smallest absolute Gasteiger partial charge is 0.320 e. The van der Waals surface area contributed by atoms with Gasteiger partial charge in [0.2, 0.25) is 0 Å². The minimum absolute atomic E-state index is 0.00124. The minimum atomic E-state index is -0.00124. The van der Waals surface area contributed by atoms with Crippen molar-refractivity contribution in [3.8, 4) is 17.1 Å². The maximum absolute atomic E-state index is 13.2. The largest absolute Gasteiger partial charge is 0.458 e. The second kappa shape index (κ2) is 10.5. The maximum atomic E-state index is 13.2. The molecule has 1 unspecified atom stereocenters. The van der Waals surface area contributed by atoms with E-state index in [0.717, 1.165) is 45.6 Å². The lowest BCUT2D eigenvalue weighted by molar-refractivity contribution is 0.0746. The van der Waals surface area contributed by atoms with Crippen LogP contribution in [-0.2, 0) is 11.2 Å². The summed E-state index contributed by atoms with van der Waals surface area (Å²) in [6, 6.07) is 20.7. The molecule has 1 amide bonds. The molecule has 2 aliphatic heterocycles. The van der Waals surface area contributed by atoms with Gasteiger partial charge in [0.15, 0.2) is 0 Å². The molecule has 2 saturated heterocycles. The predicted molar refractivity (Wildman–Crippen MR) is 147 cm³/mol. The molecule has 0 radical (unpaired) electrons. The van der Waals surface area contributed by atoms with Gasteiger partial charge in [0, 0.05) is 43.0 Å².